The summed E-state index contributed by atoms with van der Waals surface area (Å²) in [5.41, 5.74) is 1.55. The van der Waals surface area contributed by atoms with E-state index in [1.54, 1.807) is 25.3 Å². The van der Waals surface area contributed by atoms with Crippen molar-refractivity contribution in [3.63, 3.8) is 0 Å². The third-order valence-corrected chi connectivity index (χ3v) is 2.86. The zero-order valence-corrected chi connectivity index (χ0v) is 8.15. The van der Waals surface area contributed by atoms with Gasteiger partial charge in [-0.25, -0.2) is 0 Å². The van der Waals surface area contributed by atoms with Crippen molar-refractivity contribution in [3.8, 4) is 0 Å². The molecule has 1 aliphatic carbocycles. The van der Waals surface area contributed by atoms with Crippen LogP contribution in [-0.2, 0) is 4.79 Å². The summed E-state index contributed by atoms with van der Waals surface area (Å²) in [7, 11) is 0. The van der Waals surface area contributed by atoms with Gasteiger partial charge in [-0.15, -0.1) is 0 Å². The summed E-state index contributed by atoms with van der Waals surface area (Å²) < 4.78 is 5.21. The van der Waals surface area contributed by atoms with Crippen LogP contribution in [0, 0.1) is 0 Å². The highest BCUT2D eigenvalue weighted by atomic mass is 16.3. The average molecular weight is 192 g/mol. The van der Waals surface area contributed by atoms with Gasteiger partial charge in [-0.05, 0) is 31.6 Å². The molecule has 1 heterocycles. The summed E-state index contributed by atoms with van der Waals surface area (Å²) in [4.78, 5) is 11.5. The largest absolute Gasteiger partial charge is 0.469 e. The lowest BCUT2D eigenvalue weighted by Crippen LogP contribution is -2.21. The van der Waals surface area contributed by atoms with Crippen LogP contribution in [0.25, 0.3) is 0 Å². The quantitative estimate of drug-likeness (QED) is 0.735. The van der Waals surface area contributed by atoms with Gasteiger partial charge in [0.15, 0.2) is 5.78 Å². The van der Waals surface area contributed by atoms with Crippen LogP contribution >= 0.6 is 0 Å². The lowest BCUT2D eigenvalue weighted by atomic mass is 9.97. The Kier molecular flexibility index (Phi) is 2.04. The van der Waals surface area contributed by atoms with Gasteiger partial charge in [0, 0.05) is 0 Å². The lowest BCUT2D eigenvalue weighted by Gasteiger charge is -2.12. The number of carbonyl (C=O) groups is 1. The highest BCUT2D eigenvalue weighted by Crippen LogP contribution is 2.37. The van der Waals surface area contributed by atoms with E-state index < -0.39 is 6.10 Å². The zero-order chi connectivity index (χ0) is 10.3. The second-order valence-corrected chi connectivity index (χ2v) is 3.61. The molecular formula is C11H12O3. The van der Waals surface area contributed by atoms with Gasteiger partial charge in [-0.1, -0.05) is 5.57 Å². The summed E-state index contributed by atoms with van der Waals surface area (Å²) in [6, 6.07) is 3.54. The van der Waals surface area contributed by atoms with Gasteiger partial charge in [-0.3, -0.25) is 4.79 Å². The van der Waals surface area contributed by atoms with Crippen LogP contribution < -0.4 is 0 Å². The monoisotopic (exact) mass is 192 g/mol. The molecule has 1 aliphatic rings. The fourth-order valence-electron chi connectivity index (χ4n) is 1.87. The van der Waals surface area contributed by atoms with Crippen molar-refractivity contribution in [3.05, 3.63) is 35.3 Å². The van der Waals surface area contributed by atoms with Crippen molar-refractivity contribution in [2.75, 3.05) is 0 Å². The number of rotatable bonds is 1. The van der Waals surface area contributed by atoms with Gasteiger partial charge in [0.05, 0.1) is 12.2 Å². The van der Waals surface area contributed by atoms with Crippen LogP contribution in [0.3, 0.4) is 0 Å². The first-order chi connectivity index (χ1) is 6.63. The Morgan fingerprint density at radius 1 is 1.43 bits per heavy atom. The van der Waals surface area contributed by atoms with Crippen molar-refractivity contribution < 1.29 is 14.3 Å². The number of aliphatic hydroxyl groups is 1. The maximum Gasteiger partial charge on any atom is 0.188 e. The number of carbonyl (C=O) groups excluding carboxylic acids is 1. The molecule has 0 aromatic carbocycles. The Balaban J connectivity index is 2.43. The van der Waals surface area contributed by atoms with Crippen LogP contribution in [0.1, 0.15) is 25.5 Å². The maximum atomic E-state index is 11.5. The minimum absolute atomic E-state index is 0.191. The molecule has 1 aromatic heterocycles. The molecule has 1 aromatic rings. The average Bonchev–Trinajstić information content (AvgIpc) is 2.73. The third kappa shape index (κ3) is 1.13. The van der Waals surface area contributed by atoms with Gasteiger partial charge in [0.25, 0.3) is 0 Å². The highest BCUT2D eigenvalue weighted by Gasteiger charge is 2.38. The Bertz CT molecular complexity index is 387. The number of ketones is 1. The van der Waals surface area contributed by atoms with Gasteiger partial charge < -0.3 is 9.52 Å². The lowest BCUT2D eigenvalue weighted by molar-refractivity contribution is -0.122. The number of Topliss-reactive ketones (excluding diaryl/α,β-unsaturated/α-hetero) is 1. The van der Waals surface area contributed by atoms with E-state index in [4.69, 9.17) is 4.42 Å². The van der Waals surface area contributed by atoms with Crippen LogP contribution in [-0.4, -0.2) is 17.0 Å². The molecule has 1 N–H and O–H groups in total. The second kappa shape index (κ2) is 3.10. The Morgan fingerprint density at radius 2 is 2.14 bits per heavy atom. The molecule has 0 amide bonds. The number of hydrogen-bond acceptors (Lipinski definition) is 3. The fourth-order valence-corrected chi connectivity index (χ4v) is 1.87. The first-order valence-electron chi connectivity index (χ1n) is 4.56. The Hall–Kier alpha value is -1.35. The van der Waals surface area contributed by atoms with Gasteiger partial charge in [-0.2, -0.15) is 0 Å². The molecule has 0 fully saturated rings. The van der Waals surface area contributed by atoms with Crippen LogP contribution in [0.5, 0.6) is 0 Å². The van der Waals surface area contributed by atoms with E-state index in [0.29, 0.717) is 11.3 Å². The van der Waals surface area contributed by atoms with Crippen LogP contribution in [0.2, 0.25) is 0 Å². The molecule has 3 nitrogen and oxygen atoms in total. The molecule has 74 valence electrons. The van der Waals surface area contributed by atoms with Gasteiger partial charge in [0.1, 0.15) is 11.9 Å². The summed E-state index contributed by atoms with van der Waals surface area (Å²) in [5.74, 6) is 0.168. The summed E-state index contributed by atoms with van der Waals surface area (Å²) in [6.45, 7) is 3.60. The Labute approximate surface area is 82.0 Å². The summed E-state index contributed by atoms with van der Waals surface area (Å²) >= 11 is 0. The van der Waals surface area contributed by atoms with E-state index >= 15 is 0 Å². The zero-order valence-electron chi connectivity index (χ0n) is 8.15. The van der Waals surface area contributed by atoms with E-state index in [-0.39, 0.29) is 11.7 Å². The molecule has 0 unspecified atom stereocenters. The Morgan fingerprint density at radius 3 is 2.57 bits per heavy atom. The topological polar surface area (TPSA) is 50.4 Å². The van der Waals surface area contributed by atoms with Gasteiger partial charge >= 0.3 is 0 Å². The van der Waals surface area contributed by atoms with Crippen LogP contribution in [0.15, 0.2) is 34.0 Å². The van der Waals surface area contributed by atoms with E-state index in [0.717, 1.165) is 5.57 Å². The van der Waals surface area contributed by atoms with Crippen molar-refractivity contribution in [2.45, 2.75) is 25.9 Å². The summed E-state index contributed by atoms with van der Waals surface area (Å²) in [5, 5.41) is 9.72. The molecule has 2 atom stereocenters. The van der Waals surface area contributed by atoms with E-state index in [2.05, 4.69) is 0 Å². The summed E-state index contributed by atoms with van der Waals surface area (Å²) in [6.07, 6.45) is 0.578. The molecule has 0 radical (unpaired) electrons. The van der Waals surface area contributed by atoms with Crippen molar-refractivity contribution in [2.24, 2.45) is 0 Å². The molecule has 14 heavy (non-hydrogen) atoms. The van der Waals surface area contributed by atoms with E-state index in [1.807, 2.05) is 6.92 Å². The van der Waals surface area contributed by atoms with E-state index in [9.17, 15) is 9.90 Å². The van der Waals surface area contributed by atoms with Crippen molar-refractivity contribution in [1.82, 2.24) is 0 Å². The normalized spacial score (nSPS) is 27.5. The standard InChI is InChI=1S/C11H12O3/c1-6-7(2)10(12)11(13)9(6)8-4-3-5-14-8/h3-5,9,11,13H,1-2H3/t9-,11-/m0/s1. The fraction of sp³-hybridized carbons (Fsp3) is 0.364. The third-order valence-electron chi connectivity index (χ3n) is 2.86. The van der Waals surface area contributed by atoms with Crippen molar-refractivity contribution in [1.29, 1.82) is 0 Å². The smallest absolute Gasteiger partial charge is 0.188 e. The molecule has 0 saturated heterocycles. The molecule has 0 saturated carbocycles. The predicted octanol–water partition coefficient (Wildman–Crippen LogP) is 1.64. The van der Waals surface area contributed by atoms with E-state index in [1.165, 1.54) is 0 Å². The molecule has 0 bridgehead atoms. The predicted molar refractivity (Wildman–Crippen MR) is 50.8 cm³/mol. The maximum absolute atomic E-state index is 11.5. The van der Waals surface area contributed by atoms with Gasteiger partial charge in [0.2, 0.25) is 0 Å². The molecule has 2 rings (SSSR count). The molecule has 0 aliphatic heterocycles. The first kappa shape index (κ1) is 9.21. The van der Waals surface area contributed by atoms with Crippen LogP contribution in [0.4, 0.5) is 0 Å². The first-order valence-corrected chi connectivity index (χ1v) is 4.56. The molecule has 3 heteroatoms. The molecular weight excluding hydrogens is 180 g/mol. The second-order valence-electron chi connectivity index (χ2n) is 3.61. The minimum Gasteiger partial charge on any atom is -0.469 e. The van der Waals surface area contributed by atoms with Crippen molar-refractivity contribution >= 4 is 5.78 Å². The number of hydrogen-bond donors (Lipinski definition) is 1. The molecule has 0 spiro atoms. The minimum atomic E-state index is -0.971. The SMILES string of the molecule is CC1=C(C)[C@@H](c2ccco2)[C@H](O)C1=O. The highest BCUT2D eigenvalue weighted by molar-refractivity contribution is 6.02. The number of aliphatic hydroxyl groups excluding tert-OH is 1. The number of furan rings is 1.